The molecule has 126 valence electrons. The molecular formula is C17H36O3Si. The van der Waals surface area contributed by atoms with Crippen molar-refractivity contribution in [3.8, 4) is 0 Å². The predicted octanol–water partition coefficient (Wildman–Crippen LogP) is 3.80. The maximum absolute atomic E-state index is 9.16. The van der Waals surface area contributed by atoms with Crippen LogP contribution in [0.2, 0.25) is 18.1 Å². The van der Waals surface area contributed by atoms with Gasteiger partial charge in [0.15, 0.2) is 8.32 Å². The summed E-state index contributed by atoms with van der Waals surface area (Å²) < 4.78 is 6.07. The molecule has 0 bridgehead atoms. The van der Waals surface area contributed by atoms with Gasteiger partial charge >= 0.3 is 0 Å². The van der Waals surface area contributed by atoms with Gasteiger partial charge in [-0.05, 0) is 61.6 Å². The minimum Gasteiger partial charge on any atom is -0.417 e. The molecule has 4 heteroatoms. The first-order chi connectivity index (χ1) is 9.55. The van der Waals surface area contributed by atoms with E-state index in [1.165, 1.54) is 12.8 Å². The number of hydrogen-bond acceptors (Lipinski definition) is 3. The molecule has 2 rings (SSSR count). The Bertz CT molecular complexity index is 300. The second kappa shape index (κ2) is 7.58. The molecule has 0 saturated heterocycles. The minimum atomic E-state index is -1.55. The van der Waals surface area contributed by atoms with E-state index in [2.05, 4.69) is 40.8 Å². The van der Waals surface area contributed by atoms with Gasteiger partial charge in [0.2, 0.25) is 0 Å². The molecular weight excluding hydrogens is 280 g/mol. The summed E-state index contributed by atoms with van der Waals surface area (Å²) in [7, 11) is -1.55. The highest BCUT2D eigenvalue weighted by Crippen LogP contribution is 2.38. The second-order valence-corrected chi connectivity index (χ2v) is 13.5. The van der Waals surface area contributed by atoms with Crippen LogP contribution in [0.1, 0.15) is 53.4 Å². The highest BCUT2D eigenvalue weighted by Gasteiger charge is 2.38. The molecule has 0 heterocycles. The van der Waals surface area contributed by atoms with Crippen LogP contribution in [-0.4, -0.2) is 37.8 Å². The van der Waals surface area contributed by atoms with Gasteiger partial charge in [0.05, 0.1) is 6.10 Å². The maximum Gasteiger partial charge on any atom is 0.191 e. The Hall–Kier alpha value is 0.0969. The van der Waals surface area contributed by atoms with E-state index >= 15 is 0 Å². The zero-order valence-electron chi connectivity index (χ0n) is 14.9. The lowest BCUT2D eigenvalue weighted by atomic mass is 9.77. The lowest BCUT2D eigenvalue weighted by Gasteiger charge is -2.39. The molecule has 0 aromatic carbocycles. The van der Waals surface area contributed by atoms with Crippen molar-refractivity contribution in [1.29, 1.82) is 0 Å². The lowest BCUT2D eigenvalue weighted by Crippen LogP contribution is -2.43. The van der Waals surface area contributed by atoms with Crippen LogP contribution in [0.25, 0.3) is 0 Å². The molecule has 0 radical (unpaired) electrons. The smallest absolute Gasteiger partial charge is 0.191 e. The Morgan fingerprint density at radius 3 is 1.86 bits per heavy atom. The Morgan fingerprint density at radius 1 is 1.05 bits per heavy atom. The van der Waals surface area contributed by atoms with Crippen LogP contribution in [0.3, 0.4) is 0 Å². The highest BCUT2D eigenvalue weighted by molar-refractivity contribution is 6.74. The Labute approximate surface area is 132 Å². The molecule has 0 amide bonds. The predicted molar refractivity (Wildman–Crippen MR) is 90.9 cm³/mol. The van der Waals surface area contributed by atoms with E-state index in [0.29, 0.717) is 23.5 Å². The molecule has 0 unspecified atom stereocenters. The lowest BCUT2D eigenvalue weighted by molar-refractivity contribution is 0.0175. The van der Waals surface area contributed by atoms with Crippen molar-refractivity contribution >= 4 is 8.32 Å². The largest absolute Gasteiger partial charge is 0.417 e. The van der Waals surface area contributed by atoms with E-state index in [0.717, 1.165) is 25.4 Å². The van der Waals surface area contributed by atoms with Gasteiger partial charge in [0.25, 0.3) is 0 Å². The van der Waals surface area contributed by atoms with Gasteiger partial charge in [-0.15, -0.1) is 0 Å². The van der Waals surface area contributed by atoms with Gasteiger partial charge in [-0.1, -0.05) is 27.7 Å². The first-order valence-electron chi connectivity index (χ1n) is 8.48. The molecule has 2 fully saturated rings. The van der Waals surface area contributed by atoms with E-state index in [-0.39, 0.29) is 6.10 Å². The first kappa shape index (κ1) is 19.1. The second-order valence-electron chi connectivity index (χ2n) is 8.69. The summed E-state index contributed by atoms with van der Waals surface area (Å²) in [4.78, 5) is 0. The van der Waals surface area contributed by atoms with Gasteiger partial charge in [0, 0.05) is 13.2 Å². The standard InChI is InChI=1S/C11H24O2Si.C6H12O/c1-11(2,3)14(4,5)13-8-9-6-10(12)7-9;1-5-2-6(3-5)4-7/h9-10,12H,6-8H2,1-5H3;5-7H,2-4H2,1H3. The van der Waals surface area contributed by atoms with Crippen molar-refractivity contribution in [2.45, 2.75) is 77.6 Å². The molecule has 2 N–H and O–H groups in total. The van der Waals surface area contributed by atoms with Crippen LogP contribution in [0, 0.1) is 17.8 Å². The summed E-state index contributed by atoms with van der Waals surface area (Å²) in [6.45, 7) is 14.8. The third kappa shape index (κ3) is 6.01. The third-order valence-electron chi connectivity index (χ3n) is 5.43. The highest BCUT2D eigenvalue weighted by atomic mass is 28.4. The zero-order chi connectivity index (χ0) is 16.3. The Kier molecular flexibility index (Phi) is 6.91. The number of aliphatic hydroxyl groups is 2. The summed E-state index contributed by atoms with van der Waals surface area (Å²) in [5.41, 5.74) is 0. The molecule has 21 heavy (non-hydrogen) atoms. The van der Waals surface area contributed by atoms with E-state index in [1.54, 1.807) is 0 Å². The van der Waals surface area contributed by atoms with Crippen LogP contribution in [0.5, 0.6) is 0 Å². The van der Waals surface area contributed by atoms with Gasteiger partial charge in [-0.3, -0.25) is 0 Å². The molecule has 0 atom stereocenters. The average Bonchev–Trinajstić information content (AvgIpc) is 2.28. The third-order valence-corrected chi connectivity index (χ3v) is 9.93. The Balaban J connectivity index is 0.000000262. The van der Waals surface area contributed by atoms with Crippen LogP contribution in [0.15, 0.2) is 0 Å². The van der Waals surface area contributed by atoms with Crippen molar-refractivity contribution in [1.82, 2.24) is 0 Å². The molecule has 2 aliphatic carbocycles. The van der Waals surface area contributed by atoms with E-state index in [1.807, 2.05) is 0 Å². The molecule has 2 aliphatic rings. The zero-order valence-corrected chi connectivity index (χ0v) is 15.9. The van der Waals surface area contributed by atoms with E-state index in [9.17, 15) is 0 Å². The van der Waals surface area contributed by atoms with Crippen LogP contribution in [-0.2, 0) is 4.43 Å². The summed E-state index contributed by atoms with van der Waals surface area (Å²) in [6.07, 6.45) is 4.32. The van der Waals surface area contributed by atoms with Crippen molar-refractivity contribution in [3.63, 3.8) is 0 Å². The van der Waals surface area contributed by atoms with Crippen molar-refractivity contribution < 1.29 is 14.6 Å². The fraction of sp³-hybridized carbons (Fsp3) is 1.00. The normalized spacial score (nSPS) is 32.6. The molecule has 2 saturated carbocycles. The molecule has 0 aromatic heterocycles. The Morgan fingerprint density at radius 2 is 1.57 bits per heavy atom. The number of hydrogen-bond donors (Lipinski definition) is 2. The number of rotatable bonds is 4. The van der Waals surface area contributed by atoms with Crippen LogP contribution >= 0.6 is 0 Å². The van der Waals surface area contributed by atoms with Gasteiger partial charge in [0.1, 0.15) is 0 Å². The molecule has 3 nitrogen and oxygen atoms in total. The SMILES string of the molecule is CC(C)(C)[Si](C)(C)OCC1CC(O)C1.CC1CC(CO)C1. The van der Waals surface area contributed by atoms with Crippen molar-refractivity contribution in [2.75, 3.05) is 13.2 Å². The van der Waals surface area contributed by atoms with Crippen molar-refractivity contribution in [3.05, 3.63) is 0 Å². The monoisotopic (exact) mass is 316 g/mol. The van der Waals surface area contributed by atoms with E-state index < -0.39 is 8.32 Å². The summed E-state index contributed by atoms with van der Waals surface area (Å²) in [5, 5.41) is 18.0. The maximum atomic E-state index is 9.16. The summed E-state index contributed by atoms with van der Waals surface area (Å²) in [5.74, 6) is 2.14. The molecule has 0 aromatic rings. The summed E-state index contributed by atoms with van der Waals surface area (Å²) in [6, 6.07) is 0. The van der Waals surface area contributed by atoms with Gasteiger partial charge in [-0.25, -0.2) is 0 Å². The topological polar surface area (TPSA) is 49.7 Å². The molecule has 0 spiro atoms. The first-order valence-corrected chi connectivity index (χ1v) is 11.4. The van der Waals surface area contributed by atoms with Gasteiger partial charge < -0.3 is 14.6 Å². The molecule has 0 aliphatic heterocycles. The average molecular weight is 317 g/mol. The fourth-order valence-corrected chi connectivity index (χ4v) is 3.68. The van der Waals surface area contributed by atoms with Crippen molar-refractivity contribution in [2.24, 2.45) is 17.8 Å². The minimum absolute atomic E-state index is 0.0528. The summed E-state index contributed by atoms with van der Waals surface area (Å²) >= 11 is 0. The van der Waals surface area contributed by atoms with Gasteiger partial charge in [-0.2, -0.15) is 0 Å². The van der Waals surface area contributed by atoms with Crippen LogP contribution in [0.4, 0.5) is 0 Å². The number of aliphatic hydroxyl groups excluding tert-OH is 2. The van der Waals surface area contributed by atoms with Crippen LogP contribution < -0.4 is 0 Å². The quantitative estimate of drug-likeness (QED) is 0.776. The fourth-order valence-electron chi connectivity index (χ4n) is 2.60. The van der Waals surface area contributed by atoms with E-state index in [4.69, 9.17) is 14.6 Å².